The zero-order valence-electron chi connectivity index (χ0n) is 5.22. The Labute approximate surface area is 54.1 Å². The second-order valence-electron chi connectivity index (χ2n) is 2.36. The van der Waals surface area contributed by atoms with Gasteiger partial charge in [-0.25, -0.2) is 0 Å². The first kappa shape index (κ1) is 6.55. The van der Waals surface area contributed by atoms with Crippen LogP contribution in [0, 0.1) is 5.92 Å². The maximum atomic E-state index is 10.2. The summed E-state index contributed by atoms with van der Waals surface area (Å²) in [7, 11) is 0. The van der Waals surface area contributed by atoms with E-state index in [0.29, 0.717) is 6.54 Å². The van der Waals surface area contributed by atoms with Crippen molar-refractivity contribution in [2.24, 2.45) is 5.92 Å². The van der Waals surface area contributed by atoms with Gasteiger partial charge in [0.25, 0.3) is 0 Å². The van der Waals surface area contributed by atoms with Crippen molar-refractivity contribution in [3.8, 4) is 0 Å². The van der Waals surface area contributed by atoms with Gasteiger partial charge in [0.1, 0.15) is 0 Å². The lowest BCUT2D eigenvalue weighted by atomic mass is 10.0. The van der Waals surface area contributed by atoms with E-state index >= 15 is 0 Å². The lowest BCUT2D eigenvalue weighted by Crippen LogP contribution is -2.41. The van der Waals surface area contributed by atoms with E-state index in [2.05, 4.69) is 5.32 Å². The van der Waals surface area contributed by atoms with Gasteiger partial charge in [-0.2, -0.15) is 0 Å². The molecule has 52 valence electrons. The lowest BCUT2D eigenvalue weighted by molar-refractivity contribution is -0.311. The second kappa shape index (κ2) is 2.82. The van der Waals surface area contributed by atoms with E-state index < -0.39 is 5.97 Å². The van der Waals surface area contributed by atoms with Crippen LogP contribution in [0.5, 0.6) is 0 Å². The quantitative estimate of drug-likeness (QED) is 0.479. The SMILES string of the molecule is O=C([O-])C1CCCNC1. The van der Waals surface area contributed by atoms with Gasteiger partial charge in [0.15, 0.2) is 0 Å². The molecule has 1 saturated heterocycles. The molecule has 3 heteroatoms. The Morgan fingerprint density at radius 3 is 2.78 bits per heavy atom. The molecule has 1 unspecified atom stereocenters. The summed E-state index contributed by atoms with van der Waals surface area (Å²) >= 11 is 0. The maximum Gasteiger partial charge on any atom is 0.0458 e. The fourth-order valence-electron chi connectivity index (χ4n) is 1.05. The molecule has 0 amide bonds. The van der Waals surface area contributed by atoms with Gasteiger partial charge in [0, 0.05) is 18.4 Å². The van der Waals surface area contributed by atoms with Crippen LogP contribution in [0.3, 0.4) is 0 Å². The molecule has 0 saturated carbocycles. The standard InChI is InChI=1S/C6H11NO2/c8-6(9)5-2-1-3-7-4-5/h5,7H,1-4H2,(H,8,9)/p-1. The first-order valence-corrected chi connectivity index (χ1v) is 3.22. The average Bonchev–Trinajstić information content (AvgIpc) is 1.90. The van der Waals surface area contributed by atoms with Crippen LogP contribution in [0.4, 0.5) is 0 Å². The van der Waals surface area contributed by atoms with Crippen molar-refractivity contribution in [3.63, 3.8) is 0 Å². The Morgan fingerprint density at radius 1 is 1.67 bits per heavy atom. The Balaban J connectivity index is 2.31. The summed E-state index contributed by atoms with van der Waals surface area (Å²) < 4.78 is 0. The van der Waals surface area contributed by atoms with Crippen molar-refractivity contribution in [3.05, 3.63) is 0 Å². The smallest absolute Gasteiger partial charge is 0.0458 e. The predicted octanol–water partition coefficient (Wildman–Crippen LogP) is -1.26. The summed E-state index contributed by atoms with van der Waals surface area (Å²) in [5, 5.41) is 13.2. The molecule has 1 aliphatic rings. The maximum absolute atomic E-state index is 10.2. The number of carbonyl (C=O) groups excluding carboxylic acids is 1. The third kappa shape index (κ3) is 1.68. The van der Waals surface area contributed by atoms with Crippen molar-refractivity contribution in [1.29, 1.82) is 0 Å². The highest BCUT2D eigenvalue weighted by atomic mass is 16.4. The fourth-order valence-corrected chi connectivity index (χ4v) is 1.05. The minimum absolute atomic E-state index is 0.251. The van der Waals surface area contributed by atoms with Gasteiger partial charge < -0.3 is 15.2 Å². The number of carbonyl (C=O) groups is 1. The van der Waals surface area contributed by atoms with E-state index in [1.165, 1.54) is 0 Å². The molecule has 1 atom stereocenters. The number of piperidine rings is 1. The zero-order chi connectivity index (χ0) is 6.69. The largest absolute Gasteiger partial charge is 0.550 e. The van der Waals surface area contributed by atoms with Crippen LogP contribution in [0.1, 0.15) is 12.8 Å². The van der Waals surface area contributed by atoms with Crippen LogP contribution in [0.2, 0.25) is 0 Å². The van der Waals surface area contributed by atoms with Crippen LogP contribution >= 0.6 is 0 Å². The molecule has 0 aromatic carbocycles. The Morgan fingerprint density at radius 2 is 2.44 bits per heavy atom. The Kier molecular flexibility index (Phi) is 2.05. The van der Waals surface area contributed by atoms with Gasteiger partial charge in [-0.3, -0.25) is 0 Å². The second-order valence-corrected chi connectivity index (χ2v) is 2.36. The third-order valence-corrected chi connectivity index (χ3v) is 1.63. The van der Waals surface area contributed by atoms with Gasteiger partial charge in [0.05, 0.1) is 0 Å². The Bertz CT molecular complexity index is 108. The molecular weight excluding hydrogens is 118 g/mol. The molecule has 0 spiro atoms. The third-order valence-electron chi connectivity index (χ3n) is 1.63. The number of carboxylic acids is 1. The number of rotatable bonds is 1. The molecule has 0 aliphatic carbocycles. The molecule has 1 fully saturated rings. The lowest BCUT2D eigenvalue weighted by Gasteiger charge is -2.22. The Hall–Kier alpha value is -0.570. The predicted molar refractivity (Wildman–Crippen MR) is 30.6 cm³/mol. The van der Waals surface area contributed by atoms with Crippen LogP contribution in [0.25, 0.3) is 0 Å². The average molecular weight is 128 g/mol. The first-order chi connectivity index (χ1) is 4.30. The minimum atomic E-state index is -0.915. The summed E-state index contributed by atoms with van der Waals surface area (Å²) in [5.41, 5.74) is 0. The van der Waals surface area contributed by atoms with Gasteiger partial charge in [-0.15, -0.1) is 0 Å². The van der Waals surface area contributed by atoms with Gasteiger partial charge in [0.2, 0.25) is 0 Å². The highest BCUT2D eigenvalue weighted by molar-refractivity contribution is 5.67. The molecule has 1 heterocycles. The van der Waals surface area contributed by atoms with Gasteiger partial charge in [-0.05, 0) is 19.4 Å². The molecule has 1 N–H and O–H groups in total. The van der Waals surface area contributed by atoms with Crippen molar-refractivity contribution < 1.29 is 9.90 Å². The molecule has 0 radical (unpaired) electrons. The summed E-state index contributed by atoms with van der Waals surface area (Å²) in [6.45, 7) is 1.53. The van der Waals surface area contributed by atoms with Crippen molar-refractivity contribution >= 4 is 5.97 Å². The highest BCUT2D eigenvalue weighted by Gasteiger charge is 2.12. The fraction of sp³-hybridized carbons (Fsp3) is 0.833. The topological polar surface area (TPSA) is 52.2 Å². The molecule has 1 aliphatic heterocycles. The summed E-state index contributed by atoms with van der Waals surface area (Å²) in [6.07, 6.45) is 1.73. The molecular formula is C6H10NO2-. The van der Waals surface area contributed by atoms with Crippen LogP contribution in [-0.2, 0) is 4.79 Å². The van der Waals surface area contributed by atoms with E-state index in [1.54, 1.807) is 0 Å². The summed E-state index contributed by atoms with van der Waals surface area (Å²) in [4.78, 5) is 10.2. The first-order valence-electron chi connectivity index (χ1n) is 3.22. The van der Waals surface area contributed by atoms with E-state index in [9.17, 15) is 9.90 Å². The number of hydrogen-bond acceptors (Lipinski definition) is 3. The van der Waals surface area contributed by atoms with E-state index in [0.717, 1.165) is 19.4 Å². The summed E-state index contributed by atoms with van der Waals surface area (Å²) in [5.74, 6) is -1.17. The van der Waals surface area contributed by atoms with Gasteiger partial charge >= 0.3 is 0 Å². The van der Waals surface area contributed by atoms with E-state index in [4.69, 9.17) is 0 Å². The molecule has 1 rings (SSSR count). The molecule has 3 nitrogen and oxygen atoms in total. The number of aliphatic carboxylic acids is 1. The van der Waals surface area contributed by atoms with Crippen LogP contribution in [0.15, 0.2) is 0 Å². The molecule has 0 aromatic rings. The zero-order valence-corrected chi connectivity index (χ0v) is 5.22. The van der Waals surface area contributed by atoms with E-state index in [-0.39, 0.29) is 5.92 Å². The normalized spacial score (nSPS) is 27.8. The van der Waals surface area contributed by atoms with Crippen LogP contribution in [-0.4, -0.2) is 19.1 Å². The molecule has 0 aromatic heterocycles. The number of carboxylic acid groups (broad SMARTS) is 1. The molecule has 9 heavy (non-hydrogen) atoms. The van der Waals surface area contributed by atoms with Crippen molar-refractivity contribution in [1.82, 2.24) is 5.32 Å². The minimum Gasteiger partial charge on any atom is -0.550 e. The van der Waals surface area contributed by atoms with E-state index in [1.807, 2.05) is 0 Å². The van der Waals surface area contributed by atoms with Crippen molar-refractivity contribution in [2.45, 2.75) is 12.8 Å². The van der Waals surface area contributed by atoms with Crippen molar-refractivity contribution in [2.75, 3.05) is 13.1 Å². The summed E-state index contributed by atoms with van der Waals surface area (Å²) in [6, 6.07) is 0. The van der Waals surface area contributed by atoms with Gasteiger partial charge in [-0.1, -0.05) is 0 Å². The van der Waals surface area contributed by atoms with Crippen LogP contribution < -0.4 is 10.4 Å². The molecule has 0 bridgehead atoms. The monoisotopic (exact) mass is 128 g/mol. The highest BCUT2D eigenvalue weighted by Crippen LogP contribution is 2.07. The number of hydrogen-bond donors (Lipinski definition) is 1. The number of nitrogens with one attached hydrogen (secondary N) is 1.